The highest BCUT2D eigenvalue weighted by Gasteiger charge is 2.12. The van der Waals surface area contributed by atoms with Gasteiger partial charge in [-0.3, -0.25) is 4.79 Å². The molecule has 0 atom stereocenters. The van der Waals surface area contributed by atoms with E-state index in [0.29, 0.717) is 15.9 Å². The van der Waals surface area contributed by atoms with Gasteiger partial charge >= 0.3 is 0 Å². The van der Waals surface area contributed by atoms with E-state index in [4.69, 9.17) is 34.8 Å². The van der Waals surface area contributed by atoms with E-state index >= 15 is 0 Å². The van der Waals surface area contributed by atoms with E-state index in [0.717, 1.165) is 12.1 Å². The molecular formula is C11H8Cl3NO. The van der Waals surface area contributed by atoms with Crippen molar-refractivity contribution in [2.75, 3.05) is 0 Å². The van der Waals surface area contributed by atoms with Gasteiger partial charge in [-0.2, -0.15) is 0 Å². The minimum atomic E-state index is -0.167. The van der Waals surface area contributed by atoms with Crippen LogP contribution in [0, 0.1) is 0 Å². The second kappa shape index (κ2) is 4.28. The fourth-order valence-corrected chi connectivity index (χ4v) is 2.32. The number of hydrogen-bond acceptors (Lipinski definition) is 1. The molecule has 0 amide bonds. The average Bonchev–Trinajstić information content (AvgIpc) is 2.25. The summed E-state index contributed by atoms with van der Waals surface area (Å²) in [6.07, 6.45) is 0.724. The molecule has 0 saturated heterocycles. The van der Waals surface area contributed by atoms with Crippen LogP contribution in [-0.4, -0.2) is 4.98 Å². The third-order valence-corrected chi connectivity index (χ3v) is 3.48. The number of nitrogens with one attached hydrogen (secondary N) is 1. The van der Waals surface area contributed by atoms with E-state index in [-0.39, 0.29) is 15.5 Å². The minimum Gasteiger partial charge on any atom is -0.357 e. The molecule has 0 unspecified atom stereocenters. The Morgan fingerprint density at radius 1 is 1.19 bits per heavy atom. The van der Waals surface area contributed by atoms with Gasteiger partial charge < -0.3 is 4.98 Å². The van der Waals surface area contributed by atoms with Crippen LogP contribution in [0.3, 0.4) is 0 Å². The molecule has 0 bridgehead atoms. The molecule has 1 aromatic carbocycles. The van der Waals surface area contributed by atoms with Gasteiger partial charge in [-0.25, -0.2) is 0 Å². The predicted octanol–water partition coefficient (Wildman–Crippen LogP) is 4.05. The van der Waals surface area contributed by atoms with Crippen LogP contribution in [0.2, 0.25) is 15.1 Å². The molecule has 1 aromatic heterocycles. The highest BCUT2D eigenvalue weighted by Crippen LogP contribution is 2.33. The first-order valence-corrected chi connectivity index (χ1v) is 5.87. The number of benzene rings is 1. The summed E-state index contributed by atoms with van der Waals surface area (Å²) in [6.45, 7) is 1.95. The summed E-state index contributed by atoms with van der Waals surface area (Å²) in [5, 5.41) is 1.27. The van der Waals surface area contributed by atoms with E-state index in [9.17, 15) is 4.79 Å². The molecule has 2 aromatic rings. The summed E-state index contributed by atoms with van der Waals surface area (Å²) in [6, 6.07) is 3.05. The van der Waals surface area contributed by atoms with Crippen LogP contribution >= 0.6 is 34.8 Å². The topological polar surface area (TPSA) is 32.9 Å². The van der Waals surface area contributed by atoms with E-state index in [2.05, 4.69) is 4.98 Å². The monoisotopic (exact) mass is 275 g/mol. The van der Waals surface area contributed by atoms with Crippen LogP contribution in [0.5, 0.6) is 0 Å². The van der Waals surface area contributed by atoms with Crippen molar-refractivity contribution in [3.63, 3.8) is 0 Å². The summed E-state index contributed by atoms with van der Waals surface area (Å²) in [7, 11) is 0. The Kier molecular flexibility index (Phi) is 3.15. The molecule has 0 saturated carbocycles. The highest BCUT2D eigenvalue weighted by molar-refractivity contribution is 6.47. The van der Waals surface area contributed by atoms with Crippen molar-refractivity contribution in [1.29, 1.82) is 0 Å². The Morgan fingerprint density at radius 3 is 2.50 bits per heavy atom. The molecule has 0 fully saturated rings. The SMILES string of the molecule is CCc1cc(=O)c2c(Cl)c(Cl)cc(Cl)c2[nH]1. The third-order valence-electron chi connectivity index (χ3n) is 2.39. The summed E-state index contributed by atoms with van der Waals surface area (Å²) in [4.78, 5) is 14.9. The smallest absolute Gasteiger partial charge is 0.191 e. The van der Waals surface area contributed by atoms with E-state index in [1.807, 2.05) is 6.92 Å². The standard InChI is InChI=1S/C11H8Cl3NO/c1-2-5-3-8(16)9-10(14)6(12)4-7(13)11(9)15-5/h3-4H,2H2,1H3,(H,15,16). The van der Waals surface area contributed by atoms with Gasteiger partial charge in [0.05, 0.1) is 26.0 Å². The number of rotatable bonds is 1. The normalized spacial score (nSPS) is 11.0. The van der Waals surface area contributed by atoms with Gasteiger partial charge in [0.2, 0.25) is 0 Å². The summed E-state index contributed by atoms with van der Waals surface area (Å²) >= 11 is 17.9. The first-order valence-electron chi connectivity index (χ1n) is 4.74. The molecule has 0 aliphatic rings. The van der Waals surface area contributed by atoms with Gasteiger partial charge in [0.15, 0.2) is 5.43 Å². The Bertz CT molecular complexity index is 619. The third kappa shape index (κ3) is 1.81. The van der Waals surface area contributed by atoms with Crippen LogP contribution in [0.25, 0.3) is 10.9 Å². The molecule has 1 heterocycles. The zero-order valence-corrected chi connectivity index (χ0v) is 10.7. The molecule has 5 heteroatoms. The van der Waals surface area contributed by atoms with Crippen molar-refractivity contribution in [1.82, 2.24) is 4.98 Å². The largest absolute Gasteiger partial charge is 0.357 e. The number of H-pyrrole nitrogens is 1. The van der Waals surface area contributed by atoms with Crippen molar-refractivity contribution in [2.45, 2.75) is 13.3 Å². The molecule has 0 spiro atoms. The predicted molar refractivity (Wildman–Crippen MR) is 69.0 cm³/mol. The number of pyridine rings is 1. The maximum Gasteiger partial charge on any atom is 0.191 e. The number of halogens is 3. The summed E-state index contributed by atoms with van der Waals surface area (Å²) < 4.78 is 0. The van der Waals surface area contributed by atoms with Crippen LogP contribution in [-0.2, 0) is 6.42 Å². The van der Waals surface area contributed by atoms with Crippen LogP contribution in [0.15, 0.2) is 16.9 Å². The highest BCUT2D eigenvalue weighted by atomic mass is 35.5. The summed E-state index contributed by atoms with van der Waals surface area (Å²) in [5.41, 5.74) is 1.19. The fourth-order valence-electron chi connectivity index (χ4n) is 1.57. The molecule has 0 aliphatic carbocycles. The molecule has 2 rings (SSSR count). The van der Waals surface area contributed by atoms with E-state index in [1.54, 1.807) is 0 Å². The maximum absolute atomic E-state index is 11.9. The van der Waals surface area contributed by atoms with Gasteiger partial charge in [-0.1, -0.05) is 41.7 Å². The maximum atomic E-state index is 11.9. The zero-order valence-electron chi connectivity index (χ0n) is 8.40. The Morgan fingerprint density at radius 2 is 1.88 bits per heavy atom. The van der Waals surface area contributed by atoms with Gasteiger partial charge in [0.25, 0.3) is 0 Å². The van der Waals surface area contributed by atoms with Crippen molar-refractivity contribution < 1.29 is 0 Å². The van der Waals surface area contributed by atoms with Crippen LogP contribution < -0.4 is 5.43 Å². The average molecular weight is 277 g/mol. The second-order valence-electron chi connectivity index (χ2n) is 3.42. The van der Waals surface area contributed by atoms with Crippen molar-refractivity contribution in [3.8, 4) is 0 Å². The lowest BCUT2D eigenvalue weighted by molar-refractivity contribution is 1.05. The van der Waals surface area contributed by atoms with Gasteiger partial charge in [-0.05, 0) is 12.5 Å². The van der Waals surface area contributed by atoms with Crippen molar-refractivity contribution in [2.24, 2.45) is 0 Å². The van der Waals surface area contributed by atoms with Gasteiger partial charge in [0.1, 0.15) is 0 Å². The molecular weight excluding hydrogens is 268 g/mol. The number of fused-ring (bicyclic) bond motifs is 1. The fraction of sp³-hybridized carbons (Fsp3) is 0.182. The molecule has 2 nitrogen and oxygen atoms in total. The second-order valence-corrected chi connectivity index (χ2v) is 4.61. The lowest BCUT2D eigenvalue weighted by Crippen LogP contribution is -2.05. The van der Waals surface area contributed by atoms with Crippen LogP contribution in [0.1, 0.15) is 12.6 Å². The summed E-state index contributed by atoms with van der Waals surface area (Å²) in [5.74, 6) is 0. The number of hydrogen-bond donors (Lipinski definition) is 1. The molecule has 0 radical (unpaired) electrons. The quantitative estimate of drug-likeness (QED) is 0.783. The number of aromatic amines is 1. The van der Waals surface area contributed by atoms with E-state index < -0.39 is 0 Å². The lowest BCUT2D eigenvalue weighted by Gasteiger charge is -2.06. The molecule has 16 heavy (non-hydrogen) atoms. The Hall–Kier alpha value is -0.700. The first kappa shape index (κ1) is 11.8. The zero-order chi connectivity index (χ0) is 11.9. The number of aromatic nitrogens is 1. The number of aryl methyl sites for hydroxylation is 1. The first-order chi connectivity index (χ1) is 7.54. The van der Waals surface area contributed by atoms with Crippen molar-refractivity contribution in [3.05, 3.63) is 43.1 Å². The lowest BCUT2D eigenvalue weighted by atomic mass is 10.1. The molecule has 84 valence electrons. The van der Waals surface area contributed by atoms with E-state index in [1.165, 1.54) is 12.1 Å². The van der Waals surface area contributed by atoms with Gasteiger partial charge in [0, 0.05) is 11.8 Å². The molecule has 1 N–H and O–H groups in total. The van der Waals surface area contributed by atoms with Gasteiger partial charge in [-0.15, -0.1) is 0 Å². The van der Waals surface area contributed by atoms with Crippen LogP contribution in [0.4, 0.5) is 0 Å². The Balaban J connectivity index is 3.00. The Labute approximate surface area is 107 Å². The molecule has 0 aliphatic heterocycles. The van der Waals surface area contributed by atoms with Crippen molar-refractivity contribution >= 4 is 45.7 Å². The minimum absolute atomic E-state index is 0.167.